The maximum Gasteiger partial charge on any atom is 0.160 e. The van der Waals surface area contributed by atoms with Crippen LogP contribution in [0.4, 0.5) is 0 Å². The van der Waals surface area contributed by atoms with Gasteiger partial charge in [-0.05, 0) is 46.5 Å². The Bertz CT molecular complexity index is 2630. The third-order valence-electron chi connectivity index (χ3n) is 9.27. The van der Waals surface area contributed by atoms with Gasteiger partial charge in [-0.15, -0.1) is 0 Å². The summed E-state index contributed by atoms with van der Waals surface area (Å²) in [7, 11) is 0. The van der Waals surface area contributed by atoms with E-state index >= 15 is 0 Å². The van der Waals surface area contributed by atoms with Crippen molar-refractivity contribution in [1.29, 1.82) is 0 Å². The summed E-state index contributed by atoms with van der Waals surface area (Å²) in [6, 6.07) is 65.6. The molecule has 0 fully saturated rings. The first kappa shape index (κ1) is 29.4. The van der Waals surface area contributed by atoms with Crippen molar-refractivity contribution in [2.45, 2.75) is 0 Å². The van der Waals surface area contributed by atoms with Crippen LogP contribution in [0.5, 0.6) is 0 Å². The van der Waals surface area contributed by atoms with Gasteiger partial charge in [-0.1, -0.05) is 164 Å². The van der Waals surface area contributed by atoms with E-state index in [1.807, 2.05) is 18.2 Å². The van der Waals surface area contributed by atoms with Gasteiger partial charge >= 0.3 is 0 Å². The number of para-hydroxylation sites is 1. The molecule has 0 bridgehead atoms. The normalized spacial score (nSPS) is 11.2. The molecule has 0 radical (unpaired) electrons. The number of rotatable bonds is 6. The molecule has 0 aliphatic rings. The van der Waals surface area contributed by atoms with Crippen molar-refractivity contribution in [2.24, 2.45) is 0 Å². The lowest BCUT2D eigenvalue weighted by atomic mass is 9.92. The zero-order valence-corrected chi connectivity index (χ0v) is 27.2. The maximum absolute atomic E-state index is 5.21. The highest BCUT2D eigenvalue weighted by atomic mass is 14.9. The minimum Gasteiger partial charge on any atom is -0.247 e. The fourth-order valence-corrected chi connectivity index (χ4v) is 6.86. The predicted molar refractivity (Wildman–Crippen MR) is 207 cm³/mol. The summed E-state index contributed by atoms with van der Waals surface area (Å²) < 4.78 is 0. The van der Waals surface area contributed by atoms with Gasteiger partial charge in [-0.2, -0.15) is 0 Å². The summed E-state index contributed by atoms with van der Waals surface area (Å²) in [5.74, 6) is 0.694. The van der Waals surface area contributed by atoms with E-state index in [0.717, 1.165) is 77.9 Å². The highest BCUT2D eigenvalue weighted by molar-refractivity contribution is 6.17. The Morgan fingerprint density at radius 2 is 0.820 bits per heavy atom. The molecule has 9 rings (SSSR count). The number of pyridine rings is 1. The standard InChI is InChI=1S/C47H31N3/c1-4-15-32(16-5-1)35-21-12-24-38(29-35)47-49-43(33-17-6-2-7-18-33)31-44(50-47)37-23-13-22-36(30-37)39-26-14-27-41-45(39)40-25-10-11-28-42(40)48-46(41)34-19-8-3-9-20-34/h1-31H. The molecule has 3 nitrogen and oxygen atoms in total. The summed E-state index contributed by atoms with van der Waals surface area (Å²) in [5, 5.41) is 3.46. The SMILES string of the molecule is c1ccc(-c2cccc(-c3nc(-c4ccccc4)cc(-c4cccc(-c5cccc6c(-c7ccccc7)nc7ccccc7c56)c4)n3)c2)cc1. The quantitative estimate of drug-likeness (QED) is 0.170. The Morgan fingerprint density at radius 1 is 0.300 bits per heavy atom. The van der Waals surface area contributed by atoms with Crippen LogP contribution < -0.4 is 0 Å². The van der Waals surface area contributed by atoms with Gasteiger partial charge < -0.3 is 0 Å². The molecule has 234 valence electrons. The maximum atomic E-state index is 5.21. The topological polar surface area (TPSA) is 38.7 Å². The minimum absolute atomic E-state index is 0.694. The van der Waals surface area contributed by atoms with Crippen molar-refractivity contribution in [3.8, 4) is 67.4 Å². The van der Waals surface area contributed by atoms with Crippen molar-refractivity contribution in [3.05, 3.63) is 188 Å². The molecule has 0 unspecified atom stereocenters. The van der Waals surface area contributed by atoms with E-state index in [9.17, 15) is 0 Å². The van der Waals surface area contributed by atoms with Crippen LogP contribution in [0.3, 0.4) is 0 Å². The molecule has 0 spiro atoms. The number of aromatic nitrogens is 3. The van der Waals surface area contributed by atoms with Gasteiger partial charge in [0, 0.05) is 38.4 Å². The number of benzene rings is 7. The smallest absolute Gasteiger partial charge is 0.160 e. The summed E-state index contributed by atoms with van der Waals surface area (Å²) in [5.41, 5.74) is 12.5. The fourth-order valence-electron chi connectivity index (χ4n) is 6.86. The number of hydrogen-bond donors (Lipinski definition) is 0. The third-order valence-corrected chi connectivity index (χ3v) is 9.27. The average molecular weight is 638 g/mol. The van der Waals surface area contributed by atoms with Crippen molar-refractivity contribution >= 4 is 21.7 Å². The Labute approximate surface area is 291 Å². The molecule has 0 aliphatic heterocycles. The van der Waals surface area contributed by atoms with Gasteiger partial charge in [0.15, 0.2) is 5.82 Å². The summed E-state index contributed by atoms with van der Waals surface area (Å²) in [4.78, 5) is 15.5. The number of hydrogen-bond acceptors (Lipinski definition) is 3. The van der Waals surface area contributed by atoms with Gasteiger partial charge in [0.1, 0.15) is 0 Å². The first-order valence-electron chi connectivity index (χ1n) is 16.9. The largest absolute Gasteiger partial charge is 0.247 e. The molecule has 2 aromatic heterocycles. The van der Waals surface area contributed by atoms with Crippen LogP contribution in [0.2, 0.25) is 0 Å². The summed E-state index contributed by atoms with van der Waals surface area (Å²) in [6.45, 7) is 0. The fraction of sp³-hybridized carbons (Fsp3) is 0. The number of nitrogens with zero attached hydrogens (tertiary/aromatic N) is 3. The van der Waals surface area contributed by atoms with E-state index in [1.165, 1.54) is 5.39 Å². The molecule has 0 saturated carbocycles. The molecule has 50 heavy (non-hydrogen) atoms. The van der Waals surface area contributed by atoms with E-state index in [4.69, 9.17) is 15.0 Å². The van der Waals surface area contributed by atoms with Gasteiger partial charge in [-0.25, -0.2) is 15.0 Å². The van der Waals surface area contributed by atoms with Crippen molar-refractivity contribution in [2.75, 3.05) is 0 Å². The molecule has 7 aromatic carbocycles. The lowest BCUT2D eigenvalue weighted by Gasteiger charge is -2.15. The summed E-state index contributed by atoms with van der Waals surface area (Å²) in [6.07, 6.45) is 0. The van der Waals surface area contributed by atoms with Crippen LogP contribution in [0.15, 0.2) is 188 Å². The predicted octanol–water partition coefficient (Wildman–Crippen LogP) is 12.2. The van der Waals surface area contributed by atoms with Gasteiger partial charge in [0.2, 0.25) is 0 Å². The van der Waals surface area contributed by atoms with Crippen molar-refractivity contribution in [3.63, 3.8) is 0 Å². The highest BCUT2D eigenvalue weighted by Gasteiger charge is 2.16. The molecule has 2 heterocycles. The van der Waals surface area contributed by atoms with E-state index in [-0.39, 0.29) is 0 Å². The Morgan fingerprint density at radius 3 is 1.58 bits per heavy atom. The van der Waals surface area contributed by atoms with Crippen LogP contribution in [-0.4, -0.2) is 15.0 Å². The van der Waals surface area contributed by atoms with Crippen LogP contribution in [0, 0.1) is 0 Å². The monoisotopic (exact) mass is 637 g/mol. The first-order chi connectivity index (χ1) is 24.8. The van der Waals surface area contributed by atoms with Gasteiger partial charge in [-0.3, -0.25) is 0 Å². The molecule has 0 aliphatic carbocycles. The molecule has 0 atom stereocenters. The second-order valence-electron chi connectivity index (χ2n) is 12.4. The van der Waals surface area contributed by atoms with Crippen LogP contribution in [-0.2, 0) is 0 Å². The molecule has 0 amide bonds. The molecule has 0 saturated heterocycles. The highest BCUT2D eigenvalue weighted by Crippen LogP contribution is 2.39. The second kappa shape index (κ2) is 12.7. The van der Waals surface area contributed by atoms with Gasteiger partial charge in [0.25, 0.3) is 0 Å². The van der Waals surface area contributed by atoms with Crippen LogP contribution >= 0.6 is 0 Å². The molecule has 0 N–H and O–H groups in total. The van der Waals surface area contributed by atoms with Crippen LogP contribution in [0.1, 0.15) is 0 Å². The van der Waals surface area contributed by atoms with E-state index < -0.39 is 0 Å². The lowest BCUT2D eigenvalue weighted by molar-refractivity contribution is 1.18. The Balaban J connectivity index is 1.22. The van der Waals surface area contributed by atoms with Crippen molar-refractivity contribution < 1.29 is 0 Å². The molecular weight excluding hydrogens is 607 g/mol. The molecular formula is C47H31N3. The van der Waals surface area contributed by atoms with Crippen LogP contribution in [0.25, 0.3) is 89.1 Å². The Hall–Kier alpha value is -6.71. The molecule has 9 aromatic rings. The zero-order chi connectivity index (χ0) is 33.3. The second-order valence-corrected chi connectivity index (χ2v) is 12.4. The summed E-state index contributed by atoms with van der Waals surface area (Å²) >= 11 is 0. The first-order valence-corrected chi connectivity index (χ1v) is 16.9. The zero-order valence-electron chi connectivity index (χ0n) is 27.2. The minimum atomic E-state index is 0.694. The van der Waals surface area contributed by atoms with Crippen molar-refractivity contribution in [1.82, 2.24) is 15.0 Å². The van der Waals surface area contributed by atoms with E-state index in [0.29, 0.717) is 5.82 Å². The van der Waals surface area contributed by atoms with E-state index in [2.05, 4.69) is 170 Å². The molecule has 3 heteroatoms. The average Bonchev–Trinajstić information content (AvgIpc) is 3.21. The lowest BCUT2D eigenvalue weighted by Crippen LogP contribution is -1.96. The third kappa shape index (κ3) is 5.51. The number of fused-ring (bicyclic) bond motifs is 3. The van der Waals surface area contributed by atoms with E-state index in [1.54, 1.807) is 0 Å². The van der Waals surface area contributed by atoms with Gasteiger partial charge in [0.05, 0.1) is 22.6 Å². The Kier molecular flexibility index (Phi) is 7.49.